The maximum Gasteiger partial charge on any atom is 0.259 e. The number of methoxy groups -OCH3 is 1. The number of rotatable bonds is 6. The van der Waals surface area contributed by atoms with Crippen LogP contribution in [0.15, 0.2) is 67.3 Å². The second-order valence-electron chi connectivity index (χ2n) is 7.56. The van der Waals surface area contributed by atoms with E-state index in [9.17, 15) is 4.79 Å². The summed E-state index contributed by atoms with van der Waals surface area (Å²) in [5, 5.41) is 19.1. The minimum absolute atomic E-state index is 0.280. The predicted octanol–water partition coefficient (Wildman–Crippen LogP) is 5.11. The van der Waals surface area contributed by atoms with Gasteiger partial charge in [-0.15, -0.1) is 5.10 Å². The Morgan fingerprint density at radius 3 is 2.76 bits per heavy atom. The fraction of sp³-hybridized carbons (Fsp3) is 0.0833. The fourth-order valence-electron chi connectivity index (χ4n) is 3.57. The molecule has 0 radical (unpaired) electrons. The van der Waals surface area contributed by atoms with E-state index in [0.29, 0.717) is 27.8 Å². The number of H-pyrrole nitrogens is 1. The van der Waals surface area contributed by atoms with E-state index in [4.69, 9.17) is 16.3 Å². The molecule has 0 spiro atoms. The first-order valence-electron chi connectivity index (χ1n) is 10.4. The van der Waals surface area contributed by atoms with Crippen molar-refractivity contribution >= 4 is 45.6 Å². The van der Waals surface area contributed by atoms with E-state index in [-0.39, 0.29) is 5.91 Å². The van der Waals surface area contributed by atoms with Gasteiger partial charge in [0.05, 0.1) is 40.8 Å². The maximum absolute atomic E-state index is 12.7. The Balaban J connectivity index is 1.41. The average molecular weight is 474 g/mol. The highest BCUT2D eigenvalue weighted by atomic mass is 35.5. The van der Waals surface area contributed by atoms with Crippen LogP contribution in [-0.2, 0) is 0 Å². The normalized spacial score (nSPS) is 10.9. The highest BCUT2D eigenvalue weighted by Gasteiger charge is 2.16. The number of fused-ring (bicyclic) bond motifs is 1. The van der Waals surface area contributed by atoms with Gasteiger partial charge in [0, 0.05) is 41.3 Å². The molecule has 0 saturated heterocycles. The third-order valence-electron chi connectivity index (χ3n) is 5.34. The number of benzene rings is 2. The maximum atomic E-state index is 12.7. The van der Waals surface area contributed by atoms with Crippen molar-refractivity contribution in [1.82, 2.24) is 25.0 Å². The van der Waals surface area contributed by atoms with Crippen molar-refractivity contribution in [3.63, 3.8) is 0 Å². The van der Waals surface area contributed by atoms with E-state index in [0.717, 1.165) is 27.8 Å². The molecule has 3 aromatic heterocycles. The predicted molar refractivity (Wildman–Crippen MR) is 131 cm³/mol. The highest BCUT2D eigenvalue weighted by molar-refractivity contribution is 6.38. The Kier molecular flexibility index (Phi) is 5.60. The molecule has 5 aromatic rings. The molecule has 5 rings (SSSR count). The van der Waals surface area contributed by atoms with E-state index in [1.165, 1.54) is 7.11 Å². The first-order valence-corrected chi connectivity index (χ1v) is 10.8. The van der Waals surface area contributed by atoms with Gasteiger partial charge in [-0.2, -0.15) is 5.10 Å². The molecule has 9 nitrogen and oxygen atoms in total. The van der Waals surface area contributed by atoms with Crippen molar-refractivity contribution in [3.8, 4) is 11.4 Å². The van der Waals surface area contributed by atoms with Crippen molar-refractivity contribution in [2.24, 2.45) is 0 Å². The van der Waals surface area contributed by atoms with Gasteiger partial charge in [-0.3, -0.25) is 14.9 Å². The zero-order valence-corrected chi connectivity index (χ0v) is 19.1. The Bertz CT molecular complexity index is 1490. The van der Waals surface area contributed by atoms with E-state index in [1.54, 1.807) is 47.5 Å². The number of carbonyl (C=O) groups excluding carboxylic acids is 1. The van der Waals surface area contributed by atoms with Gasteiger partial charge in [-0.1, -0.05) is 11.6 Å². The van der Waals surface area contributed by atoms with Crippen molar-refractivity contribution in [2.75, 3.05) is 17.7 Å². The van der Waals surface area contributed by atoms with Gasteiger partial charge in [0.25, 0.3) is 5.91 Å². The smallest absolute Gasteiger partial charge is 0.259 e. The van der Waals surface area contributed by atoms with E-state index in [2.05, 4.69) is 30.9 Å². The zero-order valence-electron chi connectivity index (χ0n) is 18.3. The summed E-state index contributed by atoms with van der Waals surface area (Å²) < 4.78 is 7.21. The molecule has 0 unspecified atom stereocenters. The Morgan fingerprint density at radius 1 is 1.15 bits per heavy atom. The van der Waals surface area contributed by atoms with Crippen LogP contribution in [0.4, 0.5) is 17.2 Å². The largest absolute Gasteiger partial charge is 0.496 e. The first kappa shape index (κ1) is 21.5. The van der Waals surface area contributed by atoms with Crippen LogP contribution in [0.25, 0.3) is 16.6 Å². The van der Waals surface area contributed by atoms with Crippen molar-refractivity contribution in [2.45, 2.75) is 6.92 Å². The molecule has 0 bridgehead atoms. The van der Waals surface area contributed by atoms with Gasteiger partial charge in [0.15, 0.2) is 5.82 Å². The fourth-order valence-corrected chi connectivity index (χ4v) is 3.83. The van der Waals surface area contributed by atoms with Crippen molar-refractivity contribution < 1.29 is 9.53 Å². The molecule has 0 fully saturated rings. The molecule has 0 aliphatic heterocycles. The number of nitrogens with one attached hydrogen (secondary N) is 3. The van der Waals surface area contributed by atoms with Crippen LogP contribution in [0.5, 0.6) is 5.75 Å². The molecule has 10 heteroatoms. The zero-order chi connectivity index (χ0) is 23.7. The minimum atomic E-state index is -0.280. The highest BCUT2D eigenvalue weighted by Crippen LogP contribution is 2.33. The summed E-state index contributed by atoms with van der Waals surface area (Å²) >= 11 is 6.54. The van der Waals surface area contributed by atoms with Gasteiger partial charge in [0.2, 0.25) is 0 Å². The quantitative estimate of drug-likeness (QED) is 0.316. The number of carbonyl (C=O) groups is 1. The number of pyridine rings is 1. The summed E-state index contributed by atoms with van der Waals surface area (Å²) in [6.07, 6.45) is 6.80. The summed E-state index contributed by atoms with van der Waals surface area (Å²) in [6, 6.07) is 12.5. The first-order chi connectivity index (χ1) is 16.5. The molecule has 3 N–H and O–H groups in total. The summed E-state index contributed by atoms with van der Waals surface area (Å²) in [6.45, 7) is 1.95. The summed E-state index contributed by atoms with van der Waals surface area (Å²) in [5.41, 5.74) is 4.30. The lowest BCUT2D eigenvalue weighted by molar-refractivity contribution is 0.102. The number of aryl methyl sites for hydroxylation is 1. The van der Waals surface area contributed by atoms with Crippen LogP contribution in [0, 0.1) is 6.92 Å². The number of hydrogen-bond acceptors (Lipinski definition) is 6. The van der Waals surface area contributed by atoms with Crippen molar-refractivity contribution in [1.29, 1.82) is 0 Å². The van der Waals surface area contributed by atoms with E-state index >= 15 is 0 Å². The SMILES string of the molecule is COc1cc(-n2cc(C)c(Nc3ccc4[nH]ncc4c3Cl)n2)ccc1C(=O)Nc1ccncc1. The Labute approximate surface area is 199 Å². The molecule has 0 aliphatic rings. The lowest BCUT2D eigenvalue weighted by Crippen LogP contribution is -2.13. The van der Waals surface area contributed by atoms with Crippen LogP contribution in [0.1, 0.15) is 15.9 Å². The second kappa shape index (κ2) is 8.87. The molecule has 0 atom stereocenters. The van der Waals surface area contributed by atoms with Crippen molar-refractivity contribution in [3.05, 3.63) is 83.4 Å². The number of nitrogens with zero attached hydrogens (tertiary/aromatic N) is 4. The Morgan fingerprint density at radius 2 is 1.97 bits per heavy atom. The summed E-state index contributed by atoms with van der Waals surface area (Å²) in [7, 11) is 1.53. The molecule has 2 aromatic carbocycles. The van der Waals surface area contributed by atoms with Crippen LogP contribution >= 0.6 is 11.6 Å². The monoisotopic (exact) mass is 473 g/mol. The molecular weight excluding hydrogens is 454 g/mol. The molecule has 1 amide bonds. The molecule has 0 aliphatic carbocycles. The third kappa shape index (κ3) is 4.04. The van der Waals surface area contributed by atoms with E-state index in [1.807, 2.05) is 31.3 Å². The second-order valence-corrected chi connectivity index (χ2v) is 7.94. The number of halogens is 1. The topological polar surface area (TPSA) is 110 Å². The molecule has 0 saturated carbocycles. The number of amides is 1. The summed E-state index contributed by atoms with van der Waals surface area (Å²) in [4.78, 5) is 16.7. The molecule has 34 heavy (non-hydrogen) atoms. The number of aromatic nitrogens is 5. The number of hydrogen-bond donors (Lipinski definition) is 3. The minimum Gasteiger partial charge on any atom is -0.496 e. The standard InChI is InChI=1S/C24H20ClN7O2/c1-14-13-32(31-23(14)29-20-6-5-19-18(22(20)25)12-27-30-19)16-3-4-17(21(11-16)34-2)24(33)28-15-7-9-26-10-8-15/h3-13H,1-2H3,(H,27,30)(H,29,31)(H,26,28,33). The van der Waals surface area contributed by atoms with Crippen LogP contribution < -0.4 is 15.4 Å². The van der Waals surface area contributed by atoms with Gasteiger partial charge in [-0.05, 0) is 43.3 Å². The van der Waals surface area contributed by atoms with Crippen LogP contribution in [0.3, 0.4) is 0 Å². The Hall–Kier alpha value is -4.37. The molecule has 170 valence electrons. The number of aromatic amines is 1. The van der Waals surface area contributed by atoms with E-state index < -0.39 is 0 Å². The average Bonchev–Trinajstić information content (AvgIpc) is 3.48. The lowest BCUT2D eigenvalue weighted by Gasteiger charge is -2.11. The van der Waals surface area contributed by atoms with Gasteiger partial charge in [0.1, 0.15) is 5.75 Å². The molecule has 3 heterocycles. The summed E-state index contributed by atoms with van der Waals surface area (Å²) in [5.74, 6) is 0.807. The van der Waals surface area contributed by atoms with Gasteiger partial charge >= 0.3 is 0 Å². The molecular formula is C24H20ClN7O2. The lowest BCUT2D eigenvalue weighted by atomic mass is 10.1. The van der Waals surface area contributed by atoms with Gasteiger partial charge in [-0.25, -0.2) is 4.68 Å². The van der Waals surface area contributed by atoms with Crippen LogP contribution in [-0.4, -0.2) is 38.0 Å². The van der Waals surface area contributed by atoms with Crippen LogP contribution in [0.2, 0.25) is 5.02 Å². The number of anilines is 3. The van der Waals surface area contributed by atoms with Gasteiger partial charge < -0.3 is 15.4 Å². The number of ether oxygens (including phenoxy) is 1. The third-order valence-corrected chi connectivity index (χ3v) is 5.75.